The number of rotatable bonds is 9. The number of hydrogen-bond donors (Lipinski definition) is 0. The van der Waals surface area contributed by atoms with Crippen molar-refractivity contribution in [3.05, 3.63) is 76.5 Å². The molecule has 0 fully saturated rings. The minimum absolute atomic E-state index is 0.0677. The molecule has 0 spiro atoms. The molecule has 0 saturated heterocycles. The standard InChI is InChI=1S/C27H25FN2O4S/c1-16-12-22(19-15-35-27-18(19)6-5-7-20(27)28)29-23(13-16)21(30-34-4)9-10-24(31)17-8-11-25(32-2)26(14-17)33-3/h5-8,11-15H,9-10H2,1-4H3/b30-21-. The van der Waals surface area contributed by atoms with Gasteiger partial charge in [0.25, 0.3) is 0 Å². The Hall–Kier alpha value is -3.78. The summed E-state index contributed by atoms with van der Waals surface area (Å²) in [7, 11) is 4.54. The number of Topliss-reactive ketones (excluding diaryl/α,β-unsaturated/α-hetero) is 1. The van der Waals surface area contributed by atoms with Gasteiger partial charge in [-0.1, -0.05) is 17.3 Å². The Labute approximate surface area is 207 Å². The third kappa shape index (κ3) is 5.17. The number of halogens is 1. The van der Waals surface area contributed by atoms with E-state index < -0.39 is 0 Å². The SMILES string of the molecule is CO/N=C(/CCC(=O)c1ccc(OC)c(OC)c1)c1cc(C)cc(-c2csc3c(F)cccc23)n1. The number of oxime groups is 1. The van der Waals surface area contributed by atoms with E-state index in [-0.39, 0.29) is 18.0 Å². The average Bonchev–Trinajstić information content (AvgIpc) is 3.31. The molecule has 0 saturated carbocycles. The number of aromatic nitrogens is 1. The highest BCUT2D eigenvalue weighted by Gasteiger charge is 2.17. The number of ketones is 1. The van der Waals surface area contributed by atoms with Gasteiger partial charge in [0, 0.05) is 34.7 Å². The van der Waals surface area contributed by atoms with E-state index >= 15 is 0 Å². The lowest BCUT2D eigenvalue weighted by molar-refractivity contribution is 0.0984. The van der Waals surface area contributed by atoms with E-state index in [0.717, 1.165) is 16.5 Å². The Balaban J connectivity index is 1.61. The number of aryl methyl sites for hydroxylation is 1. The van der Waals surface area contributed by atoms with Crippen LogP contribution in [0.3, 0.4) is 0 Å². The molecule has 8 heteroatoms. The zero-order chi connectivity index (χ0) is 24.9. The van der Waals surface area contributed by atoms with Gasteiger partial charge in [-0.3, -0.25) is 4.79 Å². The topological polar surface area (TPSA) is 70.0 Å². The van der Waals surface area contributed by atoms with Crippen molar-refractivity contribution in [1.82, 2.24) is 4.98 Å². The predicted octanol–water partition coefficient (Wildman–Crippen LogP) is 6.44. The van der Waals surface area contributed by atoms with Crippen LogP contribution in [0.15, 0.2) is 59.1 Å². The second-order valence-electron chi connectivity index (χ2n) is 7.89. The van der Waals surface area contributed by atoms with Gasteiger partial charge >= 0.3 is 0 Å². The molecular formula is C27H25FN2O4S. The molecular weight excluding hydrogens is 467 g/mol. The number of hydrogen-bond acceptors (Lipinski definition) is 7. The van der Waals surface area contributed by atoms with Crippen LogP contribution in [-0.2, 0) is 4.84 Å². The van der Waals surface area contributed by atoms with Gasteiger partial charge in [-0.25, -0.2) is 9.37 Å². The van der Waals surface area contributed by atoms with E-state index in [9.17, 15) is 9.18 Å². The van der Waals surface area contributed by atoms with Crippen molar-refractivity contribution in [2.24, 2.45) is 5.16 Å². The molecule has 4 aromatic rings. The van der Waals surface area contributed by atoms with Gasteiger partial charge in [-0.2, -0.15) is 0 Å². The molecule has 0 aliphatic rings. The highest BCUT2D eigenvalue weighted by molar-refractivity contribution is 7.17. The van der Waals surface area contributed by atoms with Gasteiger partial charge < -0.3 is 14.3 Å². The quantitative estimate of drug-likeness (QED) is 0.153. The summed E-state index contributed by atoms with van der Waals surface area (Å²) >= 11 is 1.35. The van der Waals surface area contributed by atoms with Crippen molar-refractivity contribution in [1.29, 1.82) is 0 Å². The summed E-state index contributed by atoms with van der Waals surface area (Å²) in [4.78, 5) is 22.8. The van der Waals surface area contributed by atoms with Crippen molar-refractivity contribution in [3.8, 4) is 22.8 Å². The van der Waals surface area contributed by atoms with Gasteiger partial charge in [-0.05, 0) is 48.9 Å². The number of fused-ring (bicyclic) bond motifs is 1. The molecule has 0 unspecified atom stereocenters. The number of thiophene rings is 1. The Morgan fingerprint density at radius 2 is 1.83 bits per heavy atom. The maximum absolute atomic E-state index is 14.2. The fraction of sp³-hybridized carbons (Fsp3) is 0.222. The van der Waals surface area contributed by atoms with Crippen LogP contribution in [0.5, 0.6) is 11.5 Å². The molecule has 2 aromatic carbocycles. The summed E-state index contributed by atoms with van der Waals surface area (Å²) in [6.45, 7) is 1.96. The third-order valence-corrected chi connectivity index (χ3v) is 6.59. The maximum atomic E-state index is 14.2. The fourth-order valence-corrected chi connectivity index (χ4v) is 4.86. The lowest BCUT2D eigenvalue weighted by Crippen LogP contribution is -2.10. The third-order valence-electron chi connectivity index (χ3n) is 5.59. The molecule has 180 valence electrons. The van der Waals surface area contributed by atoms with Crippen LogP contribution in [0.4, 0.5) is 4.39 Å². The first-order valence-electron chi connectivity index (χ1n) is 11.0. The number of carbonyl (C=O) groups is 1. The first-order valence-corrected chi connectivity index (χ1v) is 11.8. The Morgan fingerprint density at radius 1 is 1.03 bits per heavy atom. The number of nitrogens with zero attached hydrogens (tertiary/aromatic N) is 2. The predicted molar refractivity (Wildman–Crippen MR) is 136 cm³/mol. The first kappa shape index (κ1) is 24.3. The Kier molecular flexibility index (Phi) is 7.41. The van der Waals surface area contributed by atoms with Crippen molar-refractivity contribution < 1.29 is 23.5 Å². The summed E-state index contributed by atoms with van der Waals surface area (Å²) in [6.07, 6.45) is 0.533. The molecule has 0 bridgehead atoms. The largest absolute Gasteiger partial charge is 0.493 e. The molecule has 0 aliphatic heterocycles. The molecule has 35 heavy (non-hydrogen) atoms. The summed E-state index contributed by atoms with van der Waals surface area (Å²) in [6, 6.07) is 14.0. The number of pyridine rings is 1. The molecule has 2 heterocycles. The number of methoxy groups -OCH3 is 2. The van der Waals surface area contributed by atoms with E-state index in [4.69, 9.17) is 19.3 Å². The molecule has 2 aromatic heterocycles. The maximum Gasteiger partial charge on any atom is 0.163 e. The zero-order valence-electron chi connectivity index (χ0n) is 19.9. The fourth-order valence-electron chi connectivity index (χ4n) is 3.89. The molecule has 0 amide bonds. The summed E-state index contributed by atoms with van der Waals surface area (Å²) in [5.41, 5.74) is 4.22. The second kappa shape index (κ2) is 10.7. The van der Waals surface area contributed by atoms with Gasteiger partial charge in [0.15, 0.2) is 17.3 Å². The van der Waals surface area contributed by atoms with Crippen LogP contribution < -0.4 is 9.47 Å². The van der Waals surface area contributed by atoms with E-state index in [2.05, 4.69) is 5.16 Å². The Bertz CT molecular complexity index is 1410. The molecule has 0 atom stereocenters. The van der Waals surface area contributed by atoms with E-state index in [1.54, 1.807) is 31.4 Å². The van der Waals surface area contributed by atoms with Crippen molar-refractivity contribution in [2.75, 3.05) is 21.3 Å². The Morgan fingerprint density at radius 3 is 2.57 bits per heavy atom. The normalized spacial score (nSPS) is 11.5. The van der Waals surface area contributed by atoms with Crippen molar-refractivity contribution in [3.63, 3.8) is 0 Å². The molecule has 6 nitrogen and oxygen atoms in total. The minimum atomic E-state index is -0.248. The highest BCUT2D eigenvalue weighted by Crippen LogP contribution is 2.35. The van der Waals surface area contributed by atoms with Crippen LogP contribution >= 0.6 is 11.3 Å². The van der Waals surface area contributed by atoms with Gasteiger partial charge in [0.05, 0.1) is 30.3 Å². The second-order valence-corrected chi connectivity index (χ2v) is 8.77. The molecule has 4 rings (SSSR count). The van der Waals surface area contributed by atoms with Gasteiger partial charge in [0.1, 0.15) is 18.6 Å². The summed E-state index contributed by atoms with van der Waals surface area (Å²) in [5.74, 6) is 0.737. The summed E-state index contributed by atoms with van der Waals surface area (Å²) in [5, 5.41) is 6.88. The van der Waals surface area contributed by atoms with Crippen LogP contribution in [0.25, 0.3) is 21.3 Å². The zero-order valence-corrected chi connectivity index (χ0v) is 20.7. The molecule has 0 radical (unpaired) electrons. The monoisotopic (exact) mass is 492 g/mol. The number of carbonyl (C=O) groups excluding carboxylic acids is 1. The smallest absolute Gasteiger partial charge is 0.163 e. The molecule has 0 aliphatic carbocycles. The molecule has 0 N–H and O–H groups in total. The average molecular weight is 493 g/mol. The van der Waals surface area contributed by atoms with E-state index in [1.165, 1.54) is 31.6 Å². The first-order chi connectivity index (χ1) is 16.9. The lowest BCUT2D eigenvalue weighted by atomic mass is 10.0. The minimum Gasteiger partial charge on any atom is -0.493 e. The van der Waals surface area contributed by atoms with Crippen molar-refractivity contribution in [2.45, 2.75) is 19.8 Å². The van der Waals surface area contributed by atoms with Crippen LogP contribution in [0.1, 0.15) is 34.5 Å². The number of benzene rings is 2. The highest BCUT2D eigenvalue weighted by atomic mass is 32.1. The van der Waals surface area contributed by atoms with E-state index in [1.807, 2.05) is 30.5 Å². The van der Waals surface area contributed by atoms with Crippen LogP contribution in [0, 0.1) is 12.7 Å². The van der Waals surface area contributed by atoms with Gasteiger partial charge in [0.2, 0.25) is 0 Å². The number of ether oxygens (including phenoxy) is 2. The lowest BCUT2D eigenvalue weighted by Gasteiger charge is -2.11. The van der Waals surface area contributed by atoms with Gasteiger partial charge in [-0.15, -0.1) is 11.3 Å². The van der Waals surface area contributed by atoms with Crippen LogP contribution in [0.2, 0.25) is 0 Å². The van der Waals surface area contributed by atoms with Crippen molar-refractivity contribution >= 4 is 32.9 Å². The van der Waals surface area contributed by atoms with E-state index in [0.29, 0.717) is 45.3 Å². The van der Waals surface area contributed by atoms with Crippen LogP contribution in [-0.4, -0.2) is 37.8 Å². The summed E-state index contributed by atoms with van der Waals surface area (Å²) < 4.78 is 25.4.